The predicted octanol–water partition coefficient (Wildman–Crippen LogP) is 6.63. The molecule has 6 rings (SSSR count). The Morgan fingerprint density at radius 2 is 1.55 bits per heavy atom. The van der Waals surface area contributed by atoms with Crippen LogP contribution in [0, 0.1) is 0 Å². The summed E-state index contributed by atoms with van der Waals surface area (Å²) in [5.74, 6) is 0.383. The number of pyridine rings is 1. The van der Waals surface area contributed by atoms with Gasteiger partial charge in [0.15, 0.2) is 0 Å². The second kappa shape index (κ2) is 6.46. The SMILES string of the molecule is C1=CC2c3ccc(-c4ccc5ccccc5n4)cc3N(c3ccccc3)C2C=C1. The van der Waals surface area contributed by atoms with Crippen molar-refractivity contribution in [3.63, 3.8) is 0 Å². The zero-order chi connectivity index (χ0) is 19.2. The third-order valence-corrected chi connectivity index (χ3v) is 5.98. The van der Waals surface area contributed by atoms with E-state index < -0.39 is 0 Å². The molecule has 1 aliphatic carbocycles. The van der Waals surface area contributed by atoms with Gasteiger partial charge in [-0.2, -0.15) is 0 Å². The third kappa shape index (κ3) is 2.60. The van der Waals surface area contributed by atoms with Gasteiger partial charge in [-0.25, -0.2) is 4.98 Å². The number of hydrogen-bond donors (Lipinski definition) is 0. The maximum absolute atomic E-state index is 4.91. The van der Waals surface area contributed by atoms with Crippen LogP contribution < -0.4 is 4.90 Å². The van der Waals surface area contributed by atoms with Crippen molar-refractivity contribution in [1.82, 2.24) is 4.98 Å². The van der Waals surface area contributed by atoms with E-state index >= 15 is 0 Å². The van der Waals surface area contributed by atoms with Crippen LogP contribution in [0.5, 0.6) is 0 Å². The molecule has 4 aromatic rings. The Bertz CT molecular complexity index is 1270. The molecule has 2 nitrogen and oxygen atoms in total. The predicted molar refractivity (Wildman–Crippen MR) is 121 cm³/mol. The van der Waals surface area contributed by atoms with Crippen LogP contribution in [-0.4, -0.2) is 11.0 Å². The molecule has 0 spiro atoms. The molecule has 2 atom stereocenters. The van der Waals surface area contributed by atoms with Gasteiger partial charge in [-0.3, -0.25) is 0 Å². The van der Waals surface area contributed by atoms with E-state index in [2.05, 4.69) is 108 Å². The standard InChI is InChI=1S/C27H20N2/c1-2-9-21(10-3-1)29-26-13-7-5-11-22(26)23-16-14-20(18-27(23)29)25-17-15-19-8-4-6-12-24(19)28-25/h1-18,22,26H. The molecule has 29 heavy (non-hydrogen) atoms. The highest BCUT2D eigenvalue weighted by molar-refractivity contribution is 5.84. The first-order valence-corrected chi connectivity index (χ1v) is 10.1. The Hall–Kier alpha value is -3.65. The van der Waals surface area contributed by atoms with Crippen molar-refractivity contribution in [3.8, 4) is 11.3 Å². The largest absolute Gasteiger partial charge is 0.333 e. The summed E-state index contributed by atoms with van der Waals surface area (Å²) in [7, 11) is 0. The van der Waals surface area contributed by atoms with Gasteiger partial charge in [0.25, 0.3) is 0 Å². The van der Waals surface area contributed by atoms with Gasteiger partial charge in [0.2, 0.25) is 0 Å². The summed E-state index contributed by atoms with van der Waals surface area (Å²) in [6.07, 6.45) is 8.96. The lowest BCUT2D eigenvalue weighted by molar-refractivity contribution is 0.745. The van der Waals surface area contributed by atoms with Crippen molar-refractivity contribution in [2.24, 2.45) is 0 Å². The van der Waals surface area contributed by atoms with Crippen molar-refractivity contribution in [2.75, 3.05) is 4.90 Å². The lowest BCUT2D eigenvalue weighted by Crippen LogP contribution is -2.28. The van der Waals surface area contributed by atoms with E-state index in [4.69, 9.17) is 4.98 Å². The maximum atomic E-state index is 4.91. The van der Waals surface area contributed by atoms with E-state index in [9.17, 15) is 0 Å². The van der Waals surface area contributed by atoms with E-state index in [1.807, 2.05) is 6.07 Å². The molecule has 3 aromatic carbocycles. The van der Waals surface area contributed by atoms with Crippen molar-refractivity contribution in [1.29, 1.82) is 0 Å². The van der Waals surface area contributed by atoms with Crippen LogP contribution in [0.3, 0.4) is 0 Å². The Morgan fingerprint density at radius 1 is 0.724 bits per heavy atom. The monoisotopic (exact) mass is 372 g/mol. The van der Waals surface area contributed by atoms with Crippen LogP contribution in [0.15, 0.2) is 109 Å². The van der Waals surface area contributed by atoms with Gasteiger partial charge in [0, 0.05) is 28.2 Å². The zero-order valence-electron chi connectivity index (χ0n) is 15.9. The summed E-state index contributed by atoms with van der Waals surface area (Å²) in [4.78, 5) is 7.38. The molecule has 0 bridgehead atoms. The fourth-order valence-corrected chi connectivity index (χ4v) is 4.61. The van der Waals surface area contributed by atoms with E-state index in [-0.39, 0.29) is 0 Å². The highest BCUT2D eigenvalue weighted by atomic mass is 15.2. The van der Waals surface area contributed by atoms with Gasteiger partial charge >= 0.3 is 0 Å². The smallest absolute Gasteiger partial charge is 0.0710 e. The van der Waals surface area contributed by atoms with Gasteiger partial charge in [0.1, 0.15) is 0 Å². The molecule has 0 N–H and O–H groups in total. The van der Waals surface area contributed by atoms with E-state index in [0.717, 1.165) is 16.8 Å². The molecular formula is C27H20N2. The normalized spacial score (nSPS) is 19.4. The average Bonchev–Trinajstić information content (AvgIpc) is 3.13. The minimum Gasteiger partial charge on any atom is -0.333 e. The fourth-order valence-electron chi connectivity index (χ4n) is 4.61. The summed E-state index contributed by atoms with van der Waals surface area (Å²) in [5, 5.41) is 1.17. The van der Waals surface area contributed by atoms with E-state index in [0.29, 0.717) is 12.0 Å². The van der Waals surface area contributed by atoms with Gasteiger partial charge in [0.05, 0.1) is 17.3 Å². The summed E-state index contributed by atoms with van der Waals surface area (Å²) in [6, 6.07) is 30.4. The van der Waals surface area contributed by atoms with E-state index in [1.54, 1.807) is 0 Å². The van der Waals surface area contributed by atoms with Gasteiger partial charge in [-0.1, -0.05) is 78.9 Å². The first-order valence-electron chi connectivity index (χ1n) is 10.1. The van der Waals surface area contributed by atoms with Crippen LogP contribution in [0.25, 0.3) is 22.2 Å². The van der Waals surface area contributed by atoms with Gasteiger partial charge in [-0.15, -0.1) is 0 Å². The molecule has 2 unspecified atom stereocenters. The number of fused-ring (bicyclic) bond motifs is 4. The average molecular weight is 372 g/mol. The Kier molecular flexibility index (Phi) is 3.63. The number of nitrogens with zero attached hydrogens (tertiary/aromatic N) is 2. The second-order valence-corrected chi connectivity index (χ2v) is 7.65. The Labute approximate surface area is 170 Å². The third-order valence-electron chi connectivity index (χ3n) is 5.98. The first-order chi connectivity index (χ1) is 14.4. The van der Waals surface area contributed by atoms with Gasteiger partial charge < -0.3 is 4.90 Å². The Balaban J connectivity index is 1.51. The molecule has 2 heterocycles. The van der Waals surface area contributed by atoms with Crippen molar-refractivity contribution in [3.05, 3.63) is 115 Å². The molecule has 0 fully saturated rings. The topological polar surface area (TPSA) is 16.1 Å². The van der Waals surface area contributed by atoms with Crippen LogP contribution >= 0.6 is 0 Å². The molecule has 0 saturated heterocycles. The molecule has 1 aliphatic heterocycles. The summed E-state index contributed by atoms with van der Waals surface area (Å²) >= 11 is 0. The molecule has 1 aromatic heterocycles. The summed E-state index contributed by atoms with van der Waals surface area (Å²) in [5.41, 5.74) is 7.08. The molecule has 138 valence electrons. The molecule has 0 amide bonds. The van der Waals surface area contributed by atoms with Crippen LogP contribution in [-0.2, 0) is 0 Å². The second-order valence-electron chi connectivity index (χ2n) is 7.65. The van der Waals surface area contributed by atoms with Crippen LogP contribution in [0.4, 0.5) is 11.4 Å². The lowest BCUT2D eigenvalue weighted by atomic mass is 9.91. The van der Waals surface area contributed by atoms with Crippen molar-refractivity contribution >= 4 is 22.3 Å². The minimum absolute atomic E-state index is 0.317. The van der Waals surface area contributed by atoms with Crippen LogP contribution in [0.1, 0.15) is 11.5 Å². The molecule has 0 radical (unpaired) electrons. The number of rotatable bonds is 2. The molecule has 2 aliphatic rings. The van der Waals surface area contributed by atoms with Gasteiger partial charge in [-0.05, 0) is 35.9 Å². The first kappa shape index (κ1) is 16.3. The Morgan fingerprint density at radius 3 is 2.48 bits per heavy atom. The number of benzene rings is 3. The highest BCUT2D eigenvalue weighted by Crippen LogP contribution is 2.48. The van der Waals surface area contributed by atoms with E-state index in [1.165, 1.54) is 22.3 Å². The minimum atomic E-state index is 0.317. The molecule has 2 heteroatoms. The summed E-state index contributed by atoms with van der Waals surface area (Å²) in [6.45, 7) is 0. The maximum Gasteiger partial charge on any atom is 0.0710 e. The number of allylic oxidation sites excluding steroid dienone is 2. The van der Waals surface area contributed by atoms with Crippen molar-refractivity contribution in [2.45, 2.75) is 12.0 Å². The highest BCUT2D eigenvalue weighted by Gasteiger charge is 2.37. The molecule has 0 saturated carbocycles. The number of para-hydroxylation sites is 2. The number of hydrogen-bond acceptors (Lipinski definition) is 2. The number of anilines is 2. The molecular weight excluding hydrogens is 352 g/mol. The summed E-state index contributed by atoms with van der Waals surface area (Å²) < 4.78 is 0. The quantitative estimate of drug-likeness (QED) is 0.392. The lowest BCUT2D eigenvalue weighted by Gasteiger charge is -2.28. The van der Waals surface area contributed by atoms with Crippen molar-refractivity contribution < 1.29 is 0 Å². The fraction of sp³-hybridized carbons (Fsp3) is 0.0741. The van der Waals surface area contributed by atoms with Crippen LogP contribution in [0.2, 0.25) is 0 Å². The zero-order valence-corrected chi connectivity index (χ0v) is 15.9. The number of aromatic nitrogens is 1.